The van der Waals surface area contributed by atoms with Crippen molar-refractivity contribution < 1.29 is 28.9 Å². The van der Waals surface area contributed by atoms with E-state index in [-0.39, 0.29) is 17.9 Å². The summed E-state index contributed by atoms with van der Waals surface area (Å²) in [5.74, 6) is -0.524. The van der Waals surface area contributed by atoms with Crippen LogP contribution >= 0.6 is 0 Å². The summed E-state index contributed by atoms with van der Waals surface area (Å²) in [6, 6.07) is 24.8. The number of aryl methyl sites for hydroxylation is 1. The van der Waals surface area contributed by atoms with Gasteiger partial charge in [0.1, 0.15) is 6.23 Å². The topological polar surface area (TPSA) is 155 Å². The summed E-state index contributed by atoms with van der Waals surface area (Å²) in [4.78, 5) is 38.1. The van der Waals surface area contributed by atoms with Crippen LogP contribution in [0.1, 0.15) is 76.4 Å². The number of nitrogens with two attached hydrogens (primary N) is 1. The van der Waals surface area contributed by atoms with Gasteiger partial charge >= 0.3 is 0 Å². The molecule has 2 atom stereocenters. The van der Waals surface area contributed by atoms with Crippen LogP contribution in [0.5, 0.6) is 0 Å². The second-order valence-corrected chi connectivity index (χ2v) is 14.8. The van der Waals surface area contributed by atoms with Crippen molar-refractivity contribution in [3.63, 3.8) is 0 Å². The highest BCUT2D eigenvalue weighted by atomic mass is 16.5. The minimum Gasteiger partial charge on any atom is -0.378 e. The van der Waals surface area contributed by atoms with Crippen LogP contribution in [0, 0.1) is 0 Å². The number of benzene rings is 3. The van der Waals surface area contributed by atoms with Gasteiger partial charge in [-0.1, -0.05) is 30.3 Å². The SMILES string of the molecule is CCN(CC)c1ccc(NC(=O)c2cccc(C(=O)N(C)CCN(C)CCOCCOCCOCCN)c2)c(-c2cc(C(O)N[C@H]3CCCc4ccccc43)ccn2)c1. The first kappa shape index (κ1) is 45.4. The number of fused-ring (bicyclic) bond motifs is 1. The van der Waals surface area contributed by atoms with Gasteiger partial charge < -0.3 is 45.1 Å². The number of nitrogens with zero attached hydrogens (tertiary/aromatic N) is 4. The number of carbonyl (C=O) groups excluding carboxylic acids is 2. The Morgan fingerprint density at radius 3 is 2.34 bits per heavy atom. The van der Waals surface area contributed by atoms with Crippen molar-refractivity contribution in [1.29, 1.82) is 0 Å². The standard InChI is InChI=1S/C46H63N7O6/c1-5-53(6-2)38-17-18-42(40(33-38)43-32-36(19-21-48-43)45(55)49-41-16-10-12-34-11-7-8-15-39(34)41)50-44(54)35-13-9-14-37(31-35)46(56)52(4)23-22-51(3)24-26-58-28-30-59-29-27-57-25-20-47/h7-9,11,13-15,17-19,21,31-33,41,45,49,55H,5-6,10,12,16,20,22-30,47H2,1-4H3,(H,50,54)/t41-,45?/m0/s1. The van der Waals surface area contributed by atoms with E-state index in [1.54, 1.807) is 42.4 Å². The molecule has 5 N–H and O–H groups in total. The average Bonchev–Trinajstić information content (AvgIpc) is 3.27. The summed E-state index contributed by atoms with van der Waals surface area (Å²) in [5.41, 5.74) is 12.3. The Bertz CT molecular complexity index is 1920. The van der Waals surface area contributed by atoms with E-state index in [0.717, 1.165) is 43.6 Å². The number of rotatable bonds is 24. The maximum absolute atomic E-state index is 13.9. The molecule has 0 bridgehead atoms. The van der Waals surface area contributed by atoms with Crippen molar-refractivity contribution >= 4 is 23.2 Å². The lowest BCUT2D eigenvalue weighted by Gasteiger charge is -2.29. The fourth-order valence-electron chi connectivity index (χ4n) is 7.20. The molecule has 13 nitrogen and oxygen atoms in total. The fraction of sp³-hybridized carbons (Fsp3) is 0.457. The first-order valence-electron chi connectivity index (χ1n) is 20.9. The average molecular weight is 810 g/mol. The van der Waals surface area contributed by atoms with E-state index >= 15 is 0 Å². The molecule has 4 aromatic rings. The first-order chi connectivity index (χ1) is 28.7. The molecule has 0 saturated carbocycles. The Morgan fingerprint density at radius 2 is 1.58 bits per heavy atom. The van der Waals surface area contributed by atoms with Crippen LogP contribution in [0.4, 0.5) is 11.4 Å². The summed E-state index contributed by atoms with van der Waals surface area (Å²) in [7, 11) is 3.75. The van der Waals surface area contributed by atoms with Gasteiger partial charge in [-0.3, -0.25) is 19.9 Å². The molecule has 1 aliphatic rings. The fourth-order valence-corrected chi connectivity index (χ4v) is 7.20. The predicted molar refractivity (Wildman–Crippen MR) is 234 cm³/mol. The van der Waals surface area contributed by atoms with E-state index in [9.17, 15) is 14.7 Å². The summed E-state index contributed by atoms with van der Waals surface area (Å²) >= 11 is 0. The van der Waals surface area contributed by atoms with E-state index in [0.29, 0.717) is 93.9 Å². The zero-order valence-electron chi connectivity index (χ0n) is 35.2. The van der Waals surface area contributed by atoms with Gasteiger partial charge in [0.2, 0.25) is 0 Å². The molecule has 1 aromatic heterocycles. The third-order valence-corrected chi connectivity index (χ3v) is 10.6. The zero-order chi connectivity index (χ0) is 42.0. The third-order valence-electron chi connectivity index (χ3n) is 10.6. The number of aliphatic hydroxyl groups is 1. The number of anilines is 2. The Labute approximate surface area is 349 Å². The summed E-state index contributed by atoms with van der Waals surface area (Å²) in [6.45, 7) is 11.3. The number of amides is 2. The van der Waals surface area contributed by atoms with Crippen LogP contribution in [0.25, 0.3) is 11.3 Å². The predicted octanol–water partition coefficient (Wildman–Crippen LogP) is 5.52. The number of aromatic nitrogens is 1. The van der Waals surface area contributed by atoms with Crippen molar-refractivity contribution in [3.05, 3.63) is 113 Å². The van der Waals surface area contributed by atoms with Crippen LogP contribution in [0.3, 0.4) is 0 Å². The van der Waals surface area contributed by atoms with Crippen molar-refractivity contribution in [3.8, 4) is 11.3 Å². The van der Waals surface area contributed by atoms with E-state index in [4.69, 9.17) is 24.9 Å². The molecule has 3 aromatic carbocycles. The van der Waals surface area contributed by atoms with Gasteiger partial charge in [0.15, 0.2) is 0 Å². The Kier molecular flexibility index (Phi) is 18.3. The largest absolute Gasteiger partial charge is 0.378 e. The molecule has 318 valence electrons. The molecule has 0 radical (unpaired) electrons. The number of aliphatic hydroxyl groups excluding tert-OH is 1. The number of likely N-dealkylation sites (N-methyl/N-ethyl adjacent to an activating group) is 2. The summed E-state index contributed by atoms with van der Waals surface area (Å²) in [6.07, 6.45) is 3.81. The first-order valence-corrected chi connectivity index (χ1v) is 20.9. The summed E-state index contributed by atoms with van der Waals surface area (Å²) in [5, 5.41) is 18.0. The molecule has 5 rings (SSSR count). The normalized spacial score (nSPS) is 14.2. The molecule has 0 saturated heterocycles. The maximum Gasteiger partial charge on any atom is 0.255 e. The lowest BCUT2D eigenvalue weighted by atomic mass is 9.87. The highest BCUT2D eigenvalue weighted by Crippen LogP contribution is 2.34. The quantitative estimate of drug-likeness (QED) is 0.0523. The van der Waals surface area contributed by atoms with Gasteiger partial charge in [-0.2, -0.15) is 0 Å². The van der Waals surface area contributed by atoms with Gasteiger partial charge in [-0.15, -0.1) is 0 Å². The smallest absolute Gasteiger partial charge is 0.255 e. The van der Waals surface area contributed by atoms with Crippen LogP contribution in [0.15, 0.2) is 85.1 Å². The summed E-state index contributed by atoms with van der Waals surface area (Å²) < 4.78 is 16.4. The Morgan fingerprint density at radius 1 is 0.847 bits per heavy atom. The molecule has 13 heteroatoms. The number of ether oxygens (including phenoxy) is 3. The molecule has 2 amide bonds. The van der Waals surface area contributed by atoms with Crippen LogP contribution in [0.2, 0.25) is 0 Å². The van der Waals surface area contributed by atoms with Crippen LogP contribution in [-0.4, -0.2) is 125 Å². The molecule has 0 fully saturated rings. The minimum absolute atomic E-state index is 0.0383. The molecule has 0 spiro atoms. The van der Waals surface area contributed by atoms with Crippen LogP contribution in [-0.2, 0) is 20.6 Å². The number of carbonyl (C=O) groups is 2. The monoisotopic (exact) mass is 809 g/mol. The van der Waals surface area contributed by atoms with E-state index < -0.39 is 6.23 Å². The van der Waals surface area contributed by atoms with E-state index in [2.05, 4.69) is 52.5 Å². The van der Waals surface area contributed by atoms with E-state index in [1.165, 1.54) is 11.1 Å². The molecule has 59 heavy (non-hydrogen) atoms. The highest BCUT2D eigenvalue weighted by molar-refractivity contribution is 6.08. The number of nitrogens with one attached hydrogen (secondary N) is 2. The number of pyridine rings is 1. The Hall–Kier alpha value is -4.73. The zero-order valence-corrected chi connectivity index (χ0v) is 35.2. The van der Waals surface area contributed by atoms with Gasteiger partial charge in [0, 0.05) is 80.9 Å². The molecule has 1 aliphatic carbocycles. The van der Waals surface area contributed by atoms with Gasteiger partial charge in [0.05, 0.1) is 51.0 Å². The maximum atomic E-state index is 13.9. The number of hydrogen-bond donors (Lipinski definition) is 4. The van der Waals surface area contributed by atoms with Gasteiger partial charge in [0.25, 0.3) is 11.8 Å². The highest BCUT2D eigenvalue weighted by Gasteiger charge is 2.23. The van der Waals surface area contributed by atoms with Crippen LogP contribution < -0.4 is 21.3 Å². The second-order valence-electron chi connectivity index (χ2n) is 14.8. The molecule has 0 aliphatic heterocycles. The molecule has 1 heterocycles. The molecule has 1 unspecified atom stereocenters. The van der Waals surface area contributed by atoms with Crippen molar-refractivity contribution in [2.45, 2.75) is 45.4 Å². The van der Waals surface area contributed by atoms with Gasteiger partial charge in [-0.25, -0.2) is 0 Å². The van der Waals surface area contributed by atoms with Crippen molar-refractivity contribution in [2.24, 2.45) is 5.73 Å². The van der Waals surface area contributed by atoms with Gasteiger partial charge in [-0.05, 0) is 105 Å². The lowest BCUT2D eigenvalue weighted by Crippen LogP contribution is -2.36. The van der Waals surface area contributed by atoms with E-state index in [1.807, 2.05) is 43.4 Å². The second kappa shape index (κ2) is 23.8. The lowest BCUT2D eigenvalue weighted by molar-refractivity contribution is 0.0127. The van der Waals surface area contributed by atoms with Crippen molar-refractivity contribution in [1.82, 2.24) is 20.1 Å². The van der Waals surface area contributed by atoms with Crippen molar-refractivity contribution in [2.75, 3.05) is 103 Å². The third kappa shape index (κ3) is 13.4. The minimum atomic E-state index is -0.918. The Balaban J connectivity index is 1.21. The molecular formula is C46H63N7O6. The number of hydrogen-bond acceptors (Lipinski definition) is 11. The molecular weight excluding hydrogens is 747 g/mol.